The van der Waals surface area contributed by atoms with E-state index in [4.69, 9.17) is 0 Å². The normalized spacial score (nSPS) is 15.3. The summed E-state index contributed by atoms with van der Waals surface area (Å²) in [5.74, 6) is -0.836. The highest BCUT2D eigenvalue weighted by molar-refractivity contribution is 7.89. The number of sulfonamides is 1. The summed E-state index contributed by atoms with van der Waals surface area (Å²) < 4.78 is 40.5. The molecule has 1 aliphatic rings. The van der Waals surface area contributed by atoms with Crippen LogP contribution < -0.4 is 5.32 Å². The Hall–Kier alpha value is -2.84. The molecule has 0 bridgehead atoms. The van der Waals surface area contributed by atoms with Gasteiger partial charge in [0.25, 0.3) is 5.91 Å². The molecule has 29 heavy (non-hydrogen) atoms. The first-order valence-electron chi connectivity index (χ1n) is 9.41. The van der Waals surface area contributed by atoms with Crippen LogP contribution in [0.25, 0.3) is 10.9 Å². The van der Waals surface area contributed by atoms with Crippen molar-refractivity contribution >= 4 is 32.5 Å². The fourth-order valence-electron chi connectivity index (χ4n) is 3.45. The smallest absolute Gasteiger partial charge is 0.255 e. The van der Waals surface area contributed by atoms with Gasteiger partial charge in [-0.1, -0.05) is 6.42 Å². The van der Waals surface area contributed by atoms with E-state index in [-0.39, 0.29) is 4.90 Å². The highest BCUT2D eigenvalue weighted by Gasteiger charge is 2.26. The van der Waals surface area contributed by atoms with Gasteiger partial charge in [0.2, 0.25) is 10.0 Å². The maximum Gasteiger partial charge on any atom is 0.255 e. The van der Waals surface area contributed by atoms with Crippen LogP contribution in [0.2, 0.25) is 0 Å². The van der Waals surface area contributed by atoms with E-state index in [0.717, 1.165) is 19.3 Å². The Morgan fingerprint density at radius 3 is 2.45 bits per heavy atom. The molecule has 1 amide bonds. The zero-order chi connectivity index (χ0) is 20.4. The highest BCUT2D eigenvalue weighted by atomic mass is 32.2. The van der Waals surface area contributed by atoms with Gasteiger partial charge >= 0.3 is 0 Å². The summed E-state index contributed by atoms with van der Waals surface area (Å²) >= 11 is 0. The summed E-state index contributed by atoms with van der Waals surface area (Å²) in [7, 11) is -3.55. The maximum absolute atomic E-state index is 13.6. The van der Waals surface area contributed by atoms with E-state index in [1.807, 2.05) is 0 Å². The van der Waals surface area contributed by atoms with Gasteiger partial charge in [0, 0.05) is 30.2 Å². The molecule has 0 spiro atoms. The summed E-state index contributed by atoms with van der Waals surface area (Å²) in [6.07, 6.45) is 4.29. The molecule has 4 rings (SSSR count). The van der Waals surface area contributed by atoms with Crippen LogP contribution in [-0.2, 0) is 10.0 Å². The minimum atomic E-state index is -3.55. The molecule has 0 unspecified atom stereocenters. The molecule has 8 heteroatoms. The van der Waals surface area contributed by atoms with Crippen molar-refractivity contribution in [3.63, 3.8) is 0 Å². The summed E-state index contributed by atoms with van der Waals surface area (Å²) in [5, 5.41) is 3.24. The zero-order valence-corrected chi connectivity index (χ0v) is 16.5. The van der Waals surface area contributed by atoms with Gasteiger partial charge in [0.15, 0.2) is 0 Å². The molecule has 0 saturated carbocycles. The molecule has 1 saturated heterocycles. The number of amides is 1. The van der Waals surface area contributed by atoms with Gasteiger partial charge in [-0.2, -0.15) is 4.31 Å². The number of aromatic nitrogens is 1. The van der Waals surface area contributed by atoms with Gasteiger partial charge in [0.1, 0.15) is 5.82 Å². The Bertz CT molecular complexity index is 1160. The number of anilines is 1. The van der Waals surface area contributed by atoms with Crippen LogP contribution in [0, 0.1) is 5.82 Å². The molecule has 1 aliphatic heterocycles. The minimum absolute atomic E-state index is 0.174. The lowest BCUT2D eigenvalue weighted by atomic mass is 10.1. The number of rotatable bonds is 4. The summed E-state index contributed by atoms with van der Waals surface area (Å²) in [6.45, 7) is 1.05. The Morgan fingerprint density at radius 1 is 1.00 bits per heavy atom. The Kier molecular flexibility index (Phi) is 5.29. The van der Waals surface area contributed by atoms with Crippen LogP contribution in [0.3, 0.4) is 0 Å². The topological polar surface area (TPSA) is 79.4 Å². The first-order chi connectivity index (χ1) is 13.9. The number of nitrogens with one attached hydrogen (secondary N) is 1. The Morgan fingerprint density at radius 2 is 1.72 bits per heavy atom. The molecule has 2 heterocycles. The Labute approximate surface area is 168 Å². The van der Waals surface area contributed by atoms with Gasteiger partial charge in [-0.25, -0.2) is 12.8 Å². The zero-order valence-electron chi connectivity index (χ0n) is 15.6. The first kappa shape index (κ1) is 19.5. The van der Waals surface area contributed by atoms with Crippen LogP contribution in [0.5, 0.6) is 0 Å². The van der Waals surface area contributed by atoms with E-state index in [2.05, 4.69) is 10.3 Å². The third-order valence-corrected chi connectivity index (χ3v) is 6.93. The van der Waals surface area contributed by atoms with E-state index < -0.39 is 21.7 Å². The average Bonchev–Trinajstić information content (AvgIpc) is 2.75. The number of piperidine rings is 1. The lowest BCUT2D eigenvalue weighted by Gasteiger charge is -2.25. The monoisotopic (exact) mass is 413 g/mol. The third kappa shape index (κ3) is 3.99. The molecular weight excluding hydrogens is 393 g/mol. The van der Waals surface area contributed by atoms with Gasteiger partial charge in [-0.3, -0.25) is 9.78 Å². The summed E-state index contributed by atoms with van der Waals surface area (Å²) in [6, 6.07) is 11.6. The quantitative estimate of drug-likeness (QED) is 0.706. The second kappa shape index (κ2) is 7.88. The highest BCUT2D eigenvalue weighted by Crippen LogP contribution is 2.24. The van der Waals surface area contributed by atoms with E-state index in [1.54, 1.807) is 12.1 Å². The molecular formula is C21H20FN3O3S. The lowest BCUT2D eigenvalue weighted by Crippen LogP contribution is -2.35. The number of hydrogen-bond acceptors (Lipinski definition) is 4. The lowest BCUT2D eigenvalue weighted by molar-refractivity contribution is 0.102. The molecule has 0 radical (unpaired) electrons. The summed E-state index contributed by atoms with van der Waals surface area (Å²) in [5.41, 5.74) is 1.31. The van der Waals surface area contributed by atoms with Crippen molar-refractivity contribution in [3.05, 3.63) is 66.1 Å². The van der Waals surface area contributed by atoms with E-state index in [0.29, 0.717) is 35.2 Å². The van der Waals surface area contributed by atoms with Crippen LogP contribution in [0.1, 0.15) is 29.6 Å². The van der Waals surface area contributed by atoms with Gasteiger partial charge < -0.3 is 5.32 Å². The first-order valence-corrected chi connectivity index (χ1v) is 10.8. The second-order valence-corrected chi connectivity index (χ2v) is 8.90. The van der Waals surface area contributed by atoms with Crippen molar-refractivity contribution in [1.29, 1.82) is 0 Å². The maximum atomic E-state index is 13.6. The molecule has 0 aliphatic carbocycles. The standard InChI is InChI=1S/C21H20FN3O3S/c22-16-6-9-19-18(14-16)20(10-11-23-19)24-21(26)15-4-7-17(8-5-15)29(27,28)25-12-2-1-3-13-25/h4-11,14H,1-3,12-13H2,(H,23,24,26). The number of carbonyl (C=O) groups is 1. The van der Waals surface area contributed by atoms with Crippen molar-refractivity contribution < 1.29 is 17.6 Å². The van der Waals surface area contributed by atoms with Crippen LogP contribution >= 0.6 is 0 Å². The molecule has 0 atom stereocenters. The van der Waals surface area contributed by atoms with Crippen molar-refractivity contribution in [2.24, 2.45) is 0 Å². The molecule has 1 aromatic heterocycles. The predicted octanol–water partition coefficient (Wildman–Crippen LogP) is 3.80. The molecule has 3 aromatic rings. The molecule has 6 nitrogen and oxygen atoms in total. The van der Waals surface area contributed by atoms with Crippen LogP contribution in [0.15, 0.2) is 59.6 Å². The van der Waals surface area contributed by atoms with Crippen molar-refractivity contribution in [2.45, 2.75) is 24.2 Å². The number of halogens is 1. The third-order valence-electron chi connectivity index (χ3n) is 5.02. The Balaban J connectivity index is 1.55. The largest absolute Gasteiger partial charge is 0.321 e. The van der Waals surface area contributed by atoms with Gasteiger partial charge in [0.05, 0.1) is 16.1 Å². The molecule has 1 N–H and O–H groups in total. The fraction of sp³-hybridized carbons (Fsp3) is 0.238. The minimum Gasteiger partial charge on any atom is -0.321 e. The van der Waals surface area contributed by atoms with E-state index >= 15 is 0 Å². The van der Waals surface area contributed by atoms with Crippen LogP contribution in [0.4, 0.5) is 10.1 Å². The SMILES string of the molecule is O=C(Nc1ccnc2ccc(F)cc12)c1ccc(S(=O)(=O)N2CCCCC2)cc1. The van der Waals surface area contributed by atoms with Crippen molar-refractivity contribution in [1.82, 2.24) is 9.29 Å². The van der Waals surface area contributed by atoms with Crippen molar-refractivity contribution in [3.8, 4) is 0 Å². The van der Waals surface area contributed by atoms with Gasteiger partial charge in [-0.15, -0.1) is 0 Å². The average molecular weight is 413 g/mol. The fourth-order valence-corrected chi connectivity index (χ4v) is 4.97. The van der Waals surface area contributed by atoms with E-state index in [1.165, 1.54) is 46.9 Å². The number of hydrogen-bond donors (Lipinski definition) is 1. The van der Waals surface area contributed by atoms with Gasteiger partial charge in [-0.05, 0) is 61.4 Å². The number of carbonyl (C=O) groups excluding carboxylic acids is 1. The number of fused-ring (bicyclic) bond motifs is 1. The molecule has 150 valence electrons. The molecule has 2 aromatic carbocycles. The summed E-state index contributed by atoms with van der Waals surface area (Å²) in [4.78, 5) is 17.0. The predicted molar refractivity (Wildman–Crippen MR) is 109 cm³/mol. The number of nitrogens with zero attached hydrogens (tertiary/aromatic N) is 2. The number of pyridine rings is 1. The van der Waals surface area contributed by atoms with E-state index in [9.17, 15) is 17.6 Å². The van der Waals surface area contributed by atoms with Crippen molar-refractivity contribution in [2.75, 3.05) is 18.4 Å². The second-order valence-electron chi connectivity index (χ2n) is 6.96. The molecule has 1 fully saturated rings. The van der Waals surface area contributed by atoms with Crippen LogP contribution in [-0.4, -0.2) is 36.7 Å². The number of benzene rings is 2.